The summed E-state index contributed by atoms with van der Waals surface area (Å²) in [6.07, 6.45) is 2.20. The van der Waals surface area contributed by atoms with E-state index in [1.807, 2.05) is 30.5 Å². The highest BCUT2D eigenvalue weighted by Gasteiger charge is 2.12. The summed E-state index contributed by atoms with van der Waals surface area (Å²) in [6.45, 7) is 2.88. The number of carbonyl (C=O) groups is 1. The summed E-state index contributed by atoms with van der Waals surface area (Å²) in [5, 5.41) is 12.6. The van der Waals surface area contributed by atoms with E-state index in [4.69, 9.17) is 5.26 Å². The van der Waals surface area contributed by atoms with E-state index in [-0.39, 0.29) is 17.9 Å². The Balaban J connectivity index is 1.82. The number of rotatable bonds is 4. The van der Waals surface area contributed by atoms with Crippen LogP contribution in [0.2, 0.25) is 0 Å². The van der Waals surface area contributed by atoms with Gasteiger partial charge in [-0.25, -0.2) is 4.39 Å². The molecule has 3 rings (SSSR count). The molecule has 0 fully saturated rings. The van der Waals surface area contributed by atoms with Crippen molar-refractivity contribution in [1.82, 2.24) is 4.57 Å². The van der Waals surface area contributed by atoms with Gasteiger partial charge >= 0.3 is 0 Å². The van der Waals surface area contributed by atoms with Crippen LogP contribution in [0.25, 0.3) is 10.9 Å². The van der Waals surface area contributed by atoms with Gasteiger partial charge < -0.3 is 9.88 Å². The first-order valence-corrected chi connectivity index (χ1v) is 7.68. The van der Waals surface area contributed by atoms with Gasteiger partial charge in [0.25, 0.3) is 0 Å². The molecule has 0 spiro atoms. The molecule has 0 aliphatic heterocycles. The number of carbonyl (C=O) groups excluding carboxylic acids is 1. The topological polar surface area (TPSA) is 57.8 Å². The van der Waals surface area contributed by atoms with Crippen molar-refractivity contribution in [3.63, 3.8) is 0 Å². The number of para-hydroxylation sites is 1. The van der Waals surface area contributed by atoms with E-state index in [9.17, 15) is 9.18 Å². The van der Waals surface area contributed by atoms with Gasteiger partial charge in [-0.1, -0.05) is 18.2 Å². The number of nitriles is 1. The smallest absolute Gasteiger partial charge is 0.228 e. The highest BCUT2D eigenvalue weighted by molar-refractivity contribution is 5.96. The molecule has 0 aliphatic carbocycles. The van der Waals surface area contributed by atoms with Crippen LogP contribution in [0.15, 0.2) is 48.7 Å². The van der Waals surface area contributed by atoms with Gasteiger partial charge in [-0.05, 0) is 36.8 Å². The molecule has 5 heteroatoms. The molecule has 4 nitrogen and oxygen atoms in total. The number of halogens is 1. The molecule has 24 heavy (non-hydrogen) atoms. The van der Waals surface area contributed by atoms with Gasteiger partial charge in [-0.3, -0.25) is 4.79 Å². The molecule has 120 valence electrons. The number of hydrogen-bond donors (Lipinski definition) is 1. The second kappa shape index (κ2) is 6.55. The normalized spacial score (nSPS) is 10.5. The molecule has 0 saturated heterocycles. The Morgan fingerprint density at radius 2 is 2.08 bits per heavy atom. The molecule has 1 N–H and O–H groups in total. The zero-order chi connectivity index (χ0) is 17.1. The van der Waals surface area contributed by atoms with Crippen LogP contribution >= 0.6 is 0 Å². The Morgan fingerprint density at radius 3 is 2.83 bits per heavy atom. The van der Waals surface area contributed by atoms with Crippen LogP contribution in [0, 0.1) is 17.1 Å². The average molecular weight is 321 g/mol. The van der Waals surface area contributed by atoms with Crippen molar-refractivity contribution in [2.45, 2.75) is 19.9 Å². The summed E-state index contributed by atoms with van der Waals surface area (Å²) in [6, 6.07) is 13.7. The number of hydrogen-bond acceptors (Lipinski definition) is 2. The second-order valence-electron chi connectivity index (χ2n) is 5.49. The van der Waals surface area contributed by atoms with Crippen LogP contribution in [0.3, 0.4) is 0 Å². The van der Waals surface area contributed by atoms with Crippen molar-refractivity contribution in [1.29, 1.82) is 5.26 Å². The maximum atomic E-state index is 13.3. The lowest BCUT2D eigenvalue weighted by Crippen LogP contribution is -2.14. The number of aromatic nitrogens is 1. The lowest BCUT2D eigenvalue weighted by Gasteiger charge is -2.05. The third-order valence-electron chi connectivity index (χ3n) is 3.93. The zero-order valence-electron chi connectivity index (χ0n) is 13.2. The minimum atomic E-state index is -0.596. The first-order chi connectivity index (χ1) is 11.6. The highest BCUT2D eigenvalue weighted by Crippen LogP contribution is 2.22. The molecule has 0 bridgehead atoms. The van der Waals surface area contributed by atoms with Gasteiger partial charge in [0.15, 0.2) is 0 Å². The Bertz CT molecular complexity index is 953. The summed E-state index contributed by atoms with van der Waals surface area (Å²) >= 11 is 0. The monoisotopic (exact) mass is 321 g/mol. The lowest BCUT2D eigenvalue weighted by atomic mass is 10.1. The van der Waals surface area contributed by atoms with Crippen molar-refractivity contribution in [3.8, 4) is 6.07 Å². The van der Waals surface area contributed by atoms with Crippen LogP contribution in [0.1, 0.15) is 18.1 Å². The summed E-state index contributed by atoms with van der Waals surface area (Å²) in [5.41, 5.74) is 2.36. The fraction of sp³-hybridized carbons (Fsp3) is 0.158. The van der Waals surface area contributed by atoms with Crippen molar-refractivity contribution in [2.24, 2.45) is 0 Å². The number of aryl methyl sites for hydroxylation is 1. The third-order valence-corrected chi connectivity index (χ3v) is 3.93. The maximum Gasteiger partial charge on any atom is 0.228 e. The fourth-order valence-corrected chi connectivity index (χ4v) is 2.79. The summed E-state index contributed by atoms with van der Waals surface area (Å²) < 4.78 is 15.4. The molecule has 0 radical (unpaired) electrons. The Hall–Kier alpha value is -3.13. The molecule has 1 aromatic heterocycles. The van der Waals surface area contributed by atoms with Gasteiger partial charge in [0.05, 0.1) is 12.0 Å². The largest absolute Gasteiger partial charge is 0.347 e. The van der Waals surface area contributed by atoms with Crippen LogP contribution in [-0.4, -0.2) is 10.5 Å². The van der Waals surface area contributed by atoms with E-state index < -0.39 is 5.82 Å². The first-order valence-electron chi connectivity index (χ1n) is 7.68. The molecule has 3 aromatic rings. The summed E-state index contributed by atoms with van der Waals surface area (Å²) in [5.74, 6) is -0.800. The lowest BCUT2D eigenvalue weighted by molar-refractivity contribution is -0.115. The fourth-order valence-electron chi connectivity index (χ4n) is 2.79. The molecule has 1 heterocycles. The molecular formula is C19H16FN3O. The first kappa shape index (κ1) is 15.8. The van der Waals surface area contributed by atoms with Crippen LogP contribution in [-0.2, 0) is 17.8 Å². The van der Waals surface area contributed by atoms with Crippen LogP contribution in [0.5, 0.6) is 0 Å². The van der Waals surface area contributed by atoms with E-state index in [1.54, 1.807) is 6.07 Å². The van der Waals surface area contributed by atoms with E-state index in [0.717, 1.165) is 23.0 Å². The molecule has 0 aliphatic rings. The van der Waals surface area contributed by atoms with Gasteiger partial charge in [-0.2, -0.15) is 5.26 Å². The summed E-state index contributed by atoms with van der Waals surface area (Å²) in [4.78, 5) is 12.3. The quantitative estimate of drug-likeness (QED) is 0.793. The highest BCUT2D eigenvalue weighted by atomic mass is 19.1. The van der Waals surface area contributed by atoms with Crippen molar-refractivity contribution in [3.05, 3.63) is 65.6 Å². The van der Waals surface area contributed by atoms with Gasteiger partial charge in [0, 0.05) is 29.3 Å². The van der Waals surface area contributed by atoms with Gasteiger partial charge in [0.2, 0.25) is 5.91 Å². The number of nitrogens with one attached hydrogen (secondary N) is 1. The van der Waals surface area contributed by atoms with E-state index in [2.05, 4.69) is 16.8 Å². The second-order valence-corrected chi connectivity index (χ2v) is 5.49. The molecule has 2 aromatic carbocycles. The average Bonchev–Trinajstić information content (AvgIpc) is 2.94. The van der Waals surface area contributed by atoms with Crippen LogP contribution < -0.4 is 5.32 Å². The number of anilines is 1. The third kappa shape index (κ3) is 2.99. The van der Waals surface area contributed by atoms with Gasteiger partial charge in [0.1, 0.15) is 11.9 Å². The van der Waals surface area contributed by atoms with Crippen LogP contribution in [0.4, 0.5) is 10.1 Å². The number of amides is 1. The molecule has 0 unspecified atom stereocenters. The predicted molar refractivity (Wildman–Crippen MR) is 91.1 cm³/mol. The van der Waals surface area contributed by atoms with E-state index in [1.165, 1.54) is 18.2 Å². The standard InChI is InChI=1S/C19H16FN3O/c1-2-23-12-14(16-5-3-4-6-18(16)23)10-19(24)22-15-7-8-17(20)13(9-15)11-21/h3-9,12H,2,10H2,1H3,(H,22,24). The number of benzene rings is 2. The Kier molecular flexibility index (Phi) is 4.30. The predicted octanol–water partition coefficient (Wildman–Crippen LogP) is 3.85. The van der Waals surface area contributed by atoms with Crippen molar-refractivity contribution in [2.75, 3.05) is 5.32 Å². The SMILES string of the molecule is CCn1cc(CC(=O)Nc2ccc(F)c(C#N)c2)c2ccccc21. The molecular weight excluding hydrogens is 305 g/mol. The van der Waals surface area contributed by atoms with E-state index in [0.29, 0.717) is 5.69 Å². The van der Waals surface area contributed by atoms with E-state index >= 15 is 0 Å². The van der Waals surface area contributed by atoms with Gasteiger partial charge in [-0.15, -0.1) is 0 Å². The Morgan fingerprint density at radius 1 is 1.29 bits per heavy atom. The molecule has 0 saturated carbocycles. The number of fused-ring (bicyclic) bond motifs is 1. The molecule has 1 amide bonds. The minimum Gasteiger partial charge on any atom is -0.347 e. The van der Waals surface area contributed by atoms with Crippen molar-refractivity contribution >= 4 is 22.5 Å². The minimum absolute atomic E-state index is 0.0876. The maximum absolute atomic E-state index is 13.3. The number of nitrogens with zero attached hydrogens (tertiary/aromatic N) is 2. The van der Waals surface area contributed by atoms with Crippen molar-refractivity contribution < 1.29 is 9.18 Å². The zero-order valence-corrected chi connectivity index (χ0v) is 13.2. The Labute approximate surface area is 139 Å². The summed E-state index contributed by atoms with van der Waals surface area (Å²) in [7, 11) is 0. The molecule has 0 atom stereocenters.